The molecular formula is C18H17N3O2. The van der Waals surface area contributed by atoms with Crippen LogP contribution >= 0.6 is 0 Å². The molecule has 0 radical (unpaired) electrons. The number of hydrogen-bond acceptors (Lipinski definition) is 4. The first-order chi connectivity index (χ1) is 11.2. The average Bonchev–Trinajstić information content (AvgIpc) is 3.16. The largest absolute Gasteiger partial charge is 0.457 e. The van der Waals surface area contributed by atoms with Crippen LogP contribution in [0.4, 0.5) is 0 Å². The standard InChI is InChI=1S/C18H17N3O2/c1-20-10-15-3-2-13(8-16(15)11-20)12-23-18(22)14-5-7-21-17(9-14)4-6-19-21/h2-9H,10-12H2,1H3. The third-order valence-electron chi connectivity index (χ3n) is 4.16. The highest BCUT2D eigenvalue weighted by Crippen LogP contribution is 2.22. The van der Waals surface area contributed by atoms with Gasteiger partial charge in [0.05, 0.1) is 11.1 Å². The Morgan fingerprint density at radius 3 is 2.96 bits per heavy atom. The molecule has 3 aromatic rings. The lowest BCUT2D eigenvalue weighted by Gasteiger charge is -2.07. The number of carbonyl (C=O) groups excluding carboxylic acids is 1. The van der Waals surface area contributed by atoms with Crippen LogP contribution in [0.5, 0.6) is 0 Å². The number of aromatic nitrogens is 2. The van der Waals surface area contributed by atoms with Crippen molar-refractivity contribution in [3.8, 4) is 0 Å². The van der Waals surface area contributed by atoms with Crippen molar-refractivity contribution in [1.29, 1.82) is 0 Å². The van der Waals surface area contributed by atoms with Gasteiger partial charge in [0.1, 0.15) is 6.61 Å². The fraction of sp³-hybridized carbons (Fsp3) is 0.222. The Kier molecular flexibility index (Phi) is 3.35. The van der Waals surface area contributed by atoms with Crippen molar-refractivity contribution in [2.24, 2.45) is 0 Å². The number of rotatable bonds is 3. The second-order valence-corrected chi connectivity index (χ2v) is 5.97. The highest BCUT2D eigenvalue weighted by atomic mass is 16.5. The minimum Gasteiger partial charge on any atom is -0.457 e. The molecule has 0 fully saturated rings. The lowest BCUT2D eigenvalue weighted by atomic mass is 10.1. The molecular weight excluding hydrogens is 290 g/mol. The maximum atomic E-state index is 12.2. The first-order valence-electron chi connectivity index (χ1n) is 7.59. The molecule has 0 unspecified atom stereocenters. The summed E-state index contributed by atoms with van der Waals surface area (Å²) in [4.78, 5) is 14.5. The quantitative estimate of drug-likeness (QED) is 0.698. The molecule has 23 heavy (non-hydrogen) atoms. The van der Waals surface area contributed by atoms with Crippen molar-refractivity contribution in [2.75, 3.05) is 7.05 Å². The van der Waals surface area contributed by atoms with Crippen molar-refractivity contribution in [3.63, 3.8) is 0 Å². The first kappa shape index (κ1) is 14.0. The molecule has 116 valence electrons. The van der Waals surface area contributed by atoms with Gasteiger partial charge >= 0.3 is 5.97 Å². The zero-order chi connectivity index (χ0) is 15.8. The van der Waals surface area contributed by atoms with E-state index < -0.39 is 0 Å². The molecule has 1 aliphatic heterocycles. The molecule has 1 aromatic carbocycles. The zero-order valence-electron chi connectivity index (χ0n) is 12.9. The predicted octanol–water partition coefficient (Wildman–Crippen LogP) is 2.64. The van der Waals surface area contributed by atoms with Gasteiger partial charge in [0.15, 0.2) is 0 Å². The number of esters is 1. The van der Waals surface area contributed by atoms with E-state index in [1.54, 1.807) is 29.0 Å². The van der Waals surface area contributed by atoms with E-state index in [0.29, 0.717) is 12.2 Å². The Labute approximate surface area is 134 Å². The van der Waals surface area contributed by atoms with Gasteiger partial charge in [-0.15, -0.1) is 0 Å². The highest BCUT2D eigenvalue weighted by Gasteiger charge is 2.16. The summed E-state index contributed by atoms with van der Waals surface area (Å²) >= 11 is 0. The molecule has 0 aliphatic carbocycles. The Hall–Kier alpha value is -2.66. The summed E-state index contributed by atoms with van der Waals surface area (Å²) < 4.78 is 7.16. The van der Waals surface area contributed by atoms with Crippen LogP contribution in [0.2, 0.25) is 0 Å². The van der Waals surface area contributed by atoms with E-state index in [4.69, 9.17) is 4.74 Å². The SMILES string of the molecule is CN1Cc2ccc(COC(=O)c3ccn4nccc4c3)cc2C1. The van der Waals surface area contributed by atoms with Crippen molar-refractivity contribution in [2.45, 2.75) is 19.7 Å². The number of fused-ring (bicyclic) bond motifs is 2. The average molecular weight is 307 g/mol. The zero-order valence-corrected chi connectivity index (χ0v) is 12.9. The van der Waals surface area contributed by atoms with Gasteiger partial charge in [0.2, 0.25) is 0 Å². The fourth-order valence-corrected chi connectivity index (χ4v) is 2.99. The highest BCUT2D eigenvalue weighted by molar-refractivity contribution is 5.90. The smallest absolute Gasteiger partial charge is 0.338 e. The first-order valence-corrected chi connectivity index (χ1v) is 7.59. The number of hydrogen-bond donors (Lipinski definition) is 0. The van der Waals surface area contributed by atoms with Crippen molar-refractivity contribution in [1.82, 2.24) is 14.5 Å². The normalized spacial score (nSPS) is 14.1. The van der Waals surface area contributed by atoms with Crippen LogP contribution in [0.1, 0.15) is 27.0 Å². The van der Waals surface area contributed by atoms with Crippen LogP contribution in [0.15, 0.2) is 48.8 Å². The van der Waals surface area contributed by atoms with E-state index in [0.717, 1.165) is 24.2 Å². The Balaban J connectivity index is 1.46. The number of nitrogens with zero attached hydrogens (tertiary/aromatic N) is 3. The number of ether oxygens (including phenoxy) is 1. The van der Waals surface area contributed by atoms with Crippen LogP contribution in [0.3, 0.4) is 0 Å². The van der Waals surface area contributed by atoms with E-state index in [2.05, 4.69) is 29.2 Å². The summed E-state index contributed by atoms with van der Waals surface area (Å²) in [7, 11) is 2.10. The van der Waals surface area contributed by atoms with E-state index in [1.807, 2.05) is 12.1 Å². The van der Waals surface area contributed by atoms with Crippen molar-refractivity contribution in [3.05, 3.63) is 71.0 Å². The Bertz CT molecular complexity index is 885. The Morgan fingerprint density at radius 2 is 2.04 bits per heavy atom. The van der Waals surface area contributed by atoms with Gasteiger partial charge in [-0.1, -0.05) is 18.2 Å². The minimum atomic E-state index is -0.314. The van der Waals surface area contributed by atoms with Crippen LogP contribution < -0.4 is 0 Å². The van der Waals surface area contributed by atoms with Gasteiger partial charge in [-0.3, -0.25) is 4.90 Å². The third kappa shape index (κ3) is 2.71. The minimum absolute atomic E-state index is 0.292. The maximum absolute atomic E-state index is 12.2. The summed E-state index contributed by atoms with van der Waals surface area (Å²) in [6.07, 6.45) is 3.46. The Morgan fingerprint density at radius 1 is 1.17 bits per heavy atom. The molecule has 0 amide bonds. The lowest BCUT2D eigenvalue weighted by Crippen LogP contribution is -2.07. The topological polar surface area (TPSA) is 46.8 Å². The van der Waals surface area contributed by atoms with Crippen LogP contribution in [-0.4, -0.2) is 27.5 Å². The summed E-state index contributed by atoms with van der Waals surface area (Å²) in [6.45, 7) is 2.23. The molecule has 3 heterocycles. The predicted molar refractivity (Wildman–Crippen MR) is 85.9 cm³/mol. The fourth-order valence-electron chi connectivity index (χ4n) is 2.99. The number of pyridine rings is 1. The second kappa shape index (κ2) is 5.52. The van der Waals surface area contributed by atoms with Crippen LogP contribution in [0, 0.1) is 0 Å². The lowest BCUT2D eigenvalue weighted by molar-refractivity contribution is 0.0472. The van der Waals surface area contributed by atoms with Crippen molar-refractivity contribution >= 4 is 11.5 Å². The molecule has 0 atom stereocenters. The molecule has 0 saturated carbocycles. The van der Waals surface area contributed by atoms with Gasteiger partial charge in [-0.2, -0.15) is 5.10 Å². The van der Waals surface area contributed by atoms with E-state index >= 15 is 0 Å². The summed E-state index contributed by atoms with van der Waals surface area (Å²) in [6, 6.07) is 11.7. The molecule has 2 aromatic heterocycles. The molecule has 5 nitrogen and oxygen atoms in total. The van der Waals surface area contributed by atoms with E-state index in [9.17, 15) is 4.79 Å². The van der Waals surface area contributed by atoms with Gasteiger partial charge in [-0.05, 0) is 41.9 Å². The summed E-state index contributed by atoms with van der Waals surface area (Å²) in [5.41, 5.74) is 5.12. The second-order valence-electron chi connectivity index (χ2n) is 5.97. The molecule has 5 heteroatoms. The number of benzene rings is 1. The van der Waals surface area contributed by atoms with Crippen LogP contribution in [0.25, 0.3) is 5.52 Å². The van der Waals surface area contributed by atoms with Gasteiger partial charge in [0, 0.05) is 25.5 Å². The maximum Gasteiger partial charge on any atom is 0.338 e. The summed E-state index contributed by atoms with van der Waals surface area (Å²) in [5.74, 6) is -0.314. The molecule has 0 bridgehead atoms. The van der Waals surface area contributed by atoms with Gasteiger partial charge in [-0.25, -0.2) is 9.31 Å². The van der Waals surface area contributed by atoms with E-state index in [1.165, 1.54) is 11.1 Å². The molecule has 1 aliphatic rings. The molecule has 4 rings (SSSR count). The third-order valence-corrected chi connectivity index (χ3v) is 4.16. The summed E-state index contributed by atoms with van der Waals surface area (Å²) in [5, 5.41) is 4.11. The van der Waals surface area contributed by atoms with Gasteiger partial charge < -0.3 is 4.74 Å². The molecule has 0 saturated heterocycles. The van der Waals surface area contributed by atoms with Gasteiger partial charge in [0.25, 0.3) is 0 Å². The van der Waals surface area contributed by atoms with Crippen LogP contribution in [-0.2, 0) is 24.4 Å². The van der Waals surface area contributed by atoms with Crippen molar-refractivity contribution < 1.29 is 9.53 Å². The molecule has 0 spiro atoms. The molecule has 0 N–H and O–H groups in total. The number of carbonyl (C=O) groups is 1. The monoisotopic (exact) mass is 307 g/mol. The van der Waals surface area contributed by atoms with E-state index in [-0.39, 0.29) is 5.97 Å².